The van der Waals surface area contributed by atoms with E-state index in [4.69, 9.17) is 5.73 Å². The molecular weight excluding hydrogens is 392 g/mol. The van der Waals surface area contributed by atoms with Crippen LogP contribution in [0, 0.1) is 0 Å². The molecule has 1 aromatic heterocycles. The van der Waals surface area contributed by atoms with Crippen molar-refractivity contribution in [2.45, 2.75) is 33.5 Å². The summed E-state index contributed by atoms with van der Waals surface area (Å²) in [7, 11) is 0. The highest BCUT2D eigenvalue weighted by atomic mass is 32.2. The molecule has 0 radical (unpaired) electrons. The number of nitrogens with two attached hydrogens (primary N) is 1. The van der Waals surface area contributed by atoms with Crippen LogP contribution in [0.15, 0.2) is 74.3 Å². The number of nitrogens with zero attached hydrogens (tertiary/aromatic N) is 2. The summed E-state index contributed by atoms with van der Waals surface area (Å²) in [6, 6.07) is 17.0. The number of amides is 1. The summed E-state index contributed by atoms with van der Waals surface area (Å²) in [6.45, 7) is 1.94. The summed E-state index contributed by atoms with van der Waals surface area (Å²) in [5, 5.41) is -0.0766. The number of rotatable bonds is 4. The van der Waals surface area contributed by atoms with Gasteiger partial charge in [-0.2, -0.15) is 0 Å². The van der Waals surface area contributed by atoms with Crippen LogP contribution in [0.5, 0.6) is 0 Å². The number of nitrogens with one attached hydrogen (secondary N) is 1. The number of hydrogen-bond donors (Lipinski definition) is 2. The molecule has 8 heteroatoms. The third kappa shape index (κ3) is 3.53. The van der Waals surface area contributed by atoms with Crippen LogP contribution < -0.4 is 16.2 Å². The minimum Gasteiger partial charge on any atom is -0.383 e. The van der Waals surface area contributed by atoms with Crippen LogP contribution in [0.4, 0.5) is 17.2 Å². The molecule has 0 aliphatic carbocycles. The second kappa shape index (κ2) is 7.73. The Labute approximate surface area is 170 Å². The van der Waals surface area contributed by atoms with Crippen molar-refractivity contribution in [1.29, 1.82) is 0 Å². The maximum Gasteiger partial charge on any atom is 0.253 e. The first-order chi connectivity index (χ1) is 13.6. The number of thioether (sulfide) groups is 1. The van der Waals surface area contributed by atoms with Gasteiger partial charge in [-0.25, -0.2) is 4.98 Å². The molecule has 2 aromatic carbocycles. The predicted molar refractivity (Wildman–Crippen MR) is 113 cm³/mol. The summed E-state index contributed by atoms with van der Waals surface area (Å²) in [5.74, 6) is 0.0800. The largest absolute Gasteiger partial charge is 0.383 e. The highest BCUT2D eigenvalue weighted by molar-refractivity contribution is 8.00. The Kier molecular flexibility index (Phi) is 5.15. The van der Waals surface area contributed by atoms with Gasteiger partial charge in [-0.3, -0.25) is 14.5 Å². The van der Waals surface area contributed by atoms with Crippen molar-refractivity contribution < 1.29 is 4.79 Å². The molecule has 0 unspecified atom stereocenters. The van der Waals surface area contributed by atoms with Gasteiger partial charge in [0.15, 0.2) is 5.16 Å². The van der Waals surface area contributed by atoms with Gasteiger partial charge < -0.3 is 10.7 Å². The zero-order chi connectivity index (χ0) is 19.7. The van der Waals surface area contributed by atoms with Gasteiger partial charge in [0, 0.05) is 15.9 Å². The van der Waals surface area contributed by atoms with Gasteiger partial charge >= 0.3 is 0 Å². The highest BCUT2D eigenvalue weighted by Crippen LogP contribution is 2.48. The summed E-state index contributed by atoms with van der Waals surface area (Å²) in [6.07, 6.45) is 0.579. The van der Waals surface area contributed by atoms with Gasteiger partial charge in [-0.1, -0.05) is 54.7 Å². The molecule has 0 bridgehead atoms. The van der Waals surface area contributed by atoms with E-state index in [1.54, 1.807) is 16.7 Å². The van der Waals surface area contributed by atoms with E-state index in [2.05, 4.69) is 9.97 Å². The van der Waals surface area contributed by atoms with Crippen molar-refractivity contribution in [1.82, 2.24) is 9.97 Å². The van der Waals surface area contributed by atoms with Crippen LogP contribution in [0.25, 0.3) is 0 Å². The zero-order valence-corrected chi connectivity index (χ0v) is 16.7. The molecule has 3 aromatic rings. The number of anilines is 3. The first-order valence-corrected chi connectivity index (χ1v) is 10.5. The minimum absolute atomic E-state index is 0.0576. The maximum atomic E-state index is 13.6. The molecule has 1 amide bonds. The molecule has 0 spiro atoms. The molecule has 28 heavy (non-hydrogen) atoms. The monoisotopic (exact) mass is 410 g/mol. The Bertz CT molecular complexity index is 1050. The quantitative estimate of drug-likeness (QED) is 0.498. The summed E-state index contributed by atoms with van der Waals surface area (Å²) in [4.78, 5) is 35.9. The van der Waals surface area contributed by atoms with Gasteiger partial charge in [0.1, 0.15) is 5.82 Å². The van der Waals surface area contributed by atoms with Gasteiger partial charge in [0.2, 0.25) is 5.91 Å². The van der Waals surface area contributed by atoms with Crippen molar-refractivity contribution in [2.75, 3.05) is 10.6 Å². The van der Waals surface area contributed by atoms with Gasteiger partial charge in [0.25, 0.3) is 5.56 Å². The van der Waals surface area contributed by atoms with Crippen molar-refractivity contribution in [3.8, 4) is 0 Å². The second-order valence-electron chi connectivity index (χ2n) is 6.20. The fraction of sp³-hybridized carbons (Fsp3) is 0.150. The van der Waals surface area contributed by atoms with Crippen molar-refractivity contribution in [3.05, 3.63) is 65.0 Å². The molecule has 142 valence electrons. The number of carbonyl (C=O) groups excluding carboxylic acids is 1. The minimum atomic E-state index is -0.422. The molecule has 1 aliphatic rings. The molecule has 1 aliphatic heterocycles. The third-order valence-corrected chi connectivity index (χ3v) is 6.66. The van der Waals surface area contributed by atoms with E-state index in [1.165, 1.54) is 17.8 Å². The number of benzene rings is 2. The average molecular weight is 411 g/mol. The fourth-order valence-electron chi connectivity index (χ4n) is 3.04. The number of hydrogen-bond acceptors (Lipinski definition) is 6. The molecule has 1 atom stereocenters. The molecule has 4 rings (SSSR count). The van der Waals surface area contributed by atoms with Crippen LogP contribution in [-0.2, 0) is 4.79 Å². The number of aromatic nitrogens is 2. The third-order valence-electron chi connectivity index (χ3n) is 4.29. The van der Waals surface area contributed by atoms with Crippen LogP contribution >= 0.6 is 23.5 Å². The van der Waals surface area contributed by atoms with E-state index in [0.29, 0.717) is 11.6 Å². The standard InChI is InChI=1S/C20H18N4O2S2/c1-2-14(28-20-22-17(21)11-18(25)23-20)19(26)24-12-7-3-5-9-15(12)27-16-10-6-4-8-13(16)24/h3-11,14H,2H2,1H3,(H3,21,22,23,25)/t14-/m0/s1. The molecule has 3 N–H and O–H groups in total. The van der Waals surface area contributed by atoms with E-state index in [-0.39, 0.29) is 17.3 Å². The Morgan fingerprint density at radius 3 is 2.36 bits per heavy atom. The van der Waals surface area contributed by atoms with Crippen molar-refractivity contribution in [2.24, 2.45) is 0 Å². The van der Waals surface area contributed by atoms with Crippen molar-refractivity contribution >= 4 is 46.6 Å². The van der Waals surface area contributed by atoms with Gasteiger partial charge in [-0.05, 0) is 30.7 Å². The molecule has 0 saturated carbocycles. The molecule has 0 fully saturated rings. The average Bonchev–Trinajstić information content (AvgIpc) is 2.69. The maximum absolute atomic E-state index is 13.6. The van der Waals surface area contributed by atoms with E-state index < -0.39 is 5.25 Å². The number of fused-ring (bicyclic) bond motifs is 2. The molecular formula is C20H18N4O2S2. The topological polar surface area (TPSA) is 92.1 Å². The fourth-order valence-corrected chi connectivity index (χ4v) is 5.06. The second-order valence-corrected chi connectivity index (χ2v) is 8.48. The lowest BCUT2D eigenvalue weighted by Gasteiger charge is -2.33. The molecule has 0 saturated heterocycles. The van der Waals surface area contributed by atoms with E-state index in [0.717, 1.165) is 21.2 Å². The zero-order valence-electron chi connectivity index (χ0n) is 15.1. The number of aromatic amines is 1. The van der Waals surface area contributed by atoms with Crippen LogP contribution in [0.3, 0.4) is 0 Å². The molecule has 6 nitrogen and oxygen atoms in total. The highest BCUT2D eigenvalue weighted by Gasteiger charge is 2.32. The van der Waals surface area contributed by atoms with Crippen LogP contribution in [0.2, 0.25) is 0 Å². The summed E-state index contributed by atoms with van der Waals surface area (Å²) in [5.41, 5.74) is 7.08. The lowest BCUT2D eigenvalue weighted by Crippen LogP contribution is -2.35. The van der Waals surface area contributed by atoms with E-state index in [1.807, 2.05) is 55.5 Å². The predicted octanol–water partition coefficient (Wildman–Crippen LogP) is 4.05. The number of H-pyrrole nitrogens is 1. The Balaban J connectivity index is 1.73. The molecule has 2 heterocycles. The van der Waals surface area contributed by atoms with E-state index in [9.17, 15) is 9.59 Å². The van der Waals surface area contributed by atoms with Gasteiger partial charge in [-0.15, -0.1) is 0 Å². The van der Waals surface area contributed by atoms with Gasteiger partial charge in [0.05, 0.1) is 16.6 Å². The Morgan fingerprint density at radius 1 is 1.18 bits per heavy atom. The van der Waals surface area contributed by atoms with Crippen molar-refractivity contribution in [3.63, 3.8) is 0 Å². The van der Waals surface area contributed by atoms with E-state index >= 15 is 0 Å². The normalized spacial score (nSPS) is 13.5. The summed E-state index contributed by atoms with van der Waals surface area (Å²) >= 11 is 2.88. The van der Waals surface area contributed by atoms with Crippen LogP contribution in [-0.4, -0.2) is 21.1 Å². The first kappa shape index (κ1) is 18.6. The SMILES string of the molecule is CC[C@H](Sc1nc(N)cc(=O)[nH]1)C(=O)N1c2ccccc2Sc2ccccc21. The number of nitrogen functional groups attached to an aromatic ring is 1. The van der Waals surface area contributed by atoms with Crippen LogP contribution in [0.1, 0.15) is 13.3 Å². The summed E-state index contributed by atoms with van der Waals surface area (Å²) < 4.78 is 0. The lowest BCUT2D eigenvalue weighted by molar-refractivity contribution is -0.117. The Hall–Kier alpha value is -2.71. The first-order valence-electron chi connectivity index (χ1n) is 8.80. The Morgan fingerprint density at radius 2 is 1.79 bits per heavy atom. The lowest BCUT2D eigenvalue weighted by atomic mass is 10.2. The smallest absolute Gasteiger partial charge is 0.253 e. The number of para-hydroxylation sites is 2. The number of carbonyl (C=O) groups is 1.